The Morgan fingerprint density at radius 1 is 1.32 bits per heavy atom. The molecule has 2 heterocycles. The average Bonchev–Trinajstić information content (AvgIpc) is 2.84. The van der Waals surface area contributed by atoms with Crippen molar-refractivity contribution < 1.29 is 0 Å². The Kier molecular flexibility index (Phi) is 4.26. The van der Waals surface area contributed by atoms with Crippen LogP contribution in [-0.2, 0) is 5.41 Å². The molecule has 2 aromatic rings. The first-order valence-corrected chi connectivity index (χ1v) is 8.01. The molecule has 102 valence electrons. The zero-order valence-corrected chi connectivity index (χ0v) is 14.0. The van der Waals surface area contributed by atoms with Crippen LogP contribution in [-0.4, -0.2) is 16.5 Å². The minimum Gasteiger partial charge on any atom is -0.369 e. The highest BCUT2D eigenvalue weighted by molar-refractivity contribution is 9.10. The van der Waals surface area contributed by atoms with Crippen LogP contribution < -0.4 is 5.32 Å². The number of aromatic nitrogens is 2. The first-order valence-electron chi connectivity index (χ1n) is 6.28. The van der Waals surface area contributed by atoms with Crippen molar-refractivity contribution >= 4 is 33.1 Å². The van der Waals surface area contributed by atoms with E-state index < -0.39 is 0 Å². The summed E-state index contributed by atoms with van der Waals surface area (Å²) in [4.78, 5) is 9.35. The quantitative estimate of drug-likeness (QED) is 0.880. The highest BCUT2D eigenvalue weighted by atomic mass is 79.9. The Labute approximate surface area is 126 Å². The van der Waals surface area contributed by atoms with Gasteiger partial charge in [-0.15, -0.1) is 0 Å². The zero-order chi connectivity index (χ0) is 14.0. The Hall–Kier alpha value is -0.940. The lowest BCUT2D eigenvalue weighted by atomic mass is 9.91. The topological polar surface area (TPSA) is 37.8 Å². The van der Waals surface area contributed by atoms with E-state index >= 15 is 0 Å². The fourth-order valence-corrected chi connectivity index (χ4v) is 3.30. The van der Waals surface area contributed by atoms with Crippen molar-refractivity contribution in [2.75, 3.05) is 11.9 Å². The van der Waals surface area contributed by atoms with Gasteiger partial charge in [0.1, 0.15) is 5.82 Å². The Balaban J connectivity index is 2.61. The van der Waals surface area contributed by atoms with Crippen molar-refractivity contribution in [3.8, 4) is 11.4 Å². The second-order valence-corrected chi connectivity index (χ2v) is 6.92. The van der Waals surface area contributed by atoms with Gasteiger partial charge in [0, 0.05) is 22.9 Å². The molecule has 0 atom stereocenters. The van der Waals surface area contributed by atoms with Crippen molar-refractivity contribution in [2.24, 2.45) is 0 Å². The Morgan fingerprint density at radius 3 is 2.58 bits per heavy atom. The lowest BCUT2D eigenvalue weighted by Gasteiger charge is -2.21. The summed E-state index contributed by atoms with van der Waals surface area (Å²) in [5, 5.41) is 7.42. The summed E-state index contributed by atoms with van der Waals surface area (Å²) < 4.78 is 0.959. The molecule has 0 aromatic carbocycles. The first kappa shape index (κ1) is 14.5. The SMILES string of the molecule is CCNc1nc(-c2ccsc2)nc(C(C)(C)C)c1Br. The van der Waals surface area contributed by atoms with Crippen LogP contribution in [0.3, 0.4) is 0 Å². The second-order valence-electron chi connectivity index (χ2n) is 5.35. The molecule has 0 amide bonds. The Bertz CT molecular complexity index is 559. The normalized spacial score (nSPS) is 11.6. The highest BCUT2D eigenvalue weighted by Crippen LogP contribution is 2.34. The van der Waals surface area contributed by atoms with Crippen LogP contribution in [0.5, 0.6) is 0 Å². The number of hydrogen-bond donors (Lipinski definition) is 1. The minimum absolute atomic E-state index is 0.0310. The van der Waals surface area contributed by atoms with E-state index in [1.165, 1.54) is 0 Å². The van der Waals surface area contributed by atoms with Crippen LogP contribution >= 0.6 is 27.3 Å². The fourth-order valence-electron chi connectivity index (χ4n) is 1.75. The number of rotatable bonds is 3. The van der Waals surface area contributed by atoms with Crippen molar-refractivity contribution in [1.82, 2.24) is 9.97 Å². The zero-order valence-electron chi connectivity index (χ0n) is 11.6. The predicted octanol–water partition coefficient (Wildman–Crippen LogP) is 4.70. The van der Waals surface area contributed by atoms with Crippen molar-refractivity contribution in [2.45, 2.75) is 33.1 Å². The summed E-state index contributed by atoms with van der Waals surface area (Å²) in [6.07, 6.45) is 0. The summed E-state index contributed by atoms with van der Waals surface area (Å²) in [6, 6.07) is 2.05. The lowest BCUT2D eigenvalue weighted by Crippen LogP contribution is -2.17. The van der Waals surface area contributed by atoms with Gasteiger partial charge in [-0.3, -0.25) is 0 Å². The summed E-state index contributed by atoms with van der Waals surface area (Å²) in [7, 11) is 0. The molecular weight excluding hydrogens is 322 g/mol. The number of hydrogen-bond acceptors (Lipinski definition) is 4. The monoisotopic (exact) mass is 339 g/mol. The van der Waals surface area contributed by atoms with E-state index in [9.17, 15) is 0 Å². The molecule has 0 fully saturated rings. The first-order chi connectivity index (χ1) is 8.93. The summed E-state index contributed by atoms with van der Waals surface area (Å²) in [5.41, 5.74) is 2.07. The van der Waals surface area contributed by atoms with E-state index in [0.29, 0.717) is 0 Å². The van der Waals surface area contributed by atoms with Crippen LogP contribution in [0.1, 0.15) is 33.4 Å². The third-order valence-electron chi connectivity index (χ3n) is 2.69. The summed E-state index contributed by atoms with van der Waals surface area (Å²) >= 11 is 5.29. The number of thiophene rings is 1. The van der Waals surface area contributed by atoms with Crippen LogP contribution in [0.4, 0.5) is 5.82 Å². The molecule has 1 N–H and O–H groups in total. The molecule has 0 aliphatic carbocycles. The molecule has 2 rings (SSSR count). The van der Waals surface area contributed by atoms with Crippen LogP contribution in [0.15, 0.2) is 21.3 Å². The predicted molar refractivity (Wildman–Crippen MR) is 85.9 cm³/mol. The third kappa shape index (κ3) is 3.15. The Morgan fingerprint density at radius 2 is 2.05 bits per heavy atom. The van der Waals surface area contributed by atoms with E-state index in [0.717, 1.165) is 33.9 Å². The van der Waals surface area contributed by atoms with Crippen molar-refractivity contribution in [1.29, 1.82) is 0 Å². The largest absolute Gasteiger partial charge is 0.369 e. The van der Waals surface area contributed by atoms with Gasteiger partial charge in [-0.2, -0.15) is 11.3 Å². The molecule has 3 nitrogen and oxygen atoms in total. The number of nitrogens with zero attached hydrogens (tertiary/aromatic N) is 2. The molecule has 0 radical (unpaired) electrons. The molecule has 19 heavy (non-hydrogen) atoms. The molecule has 0 spiro atoms. The van der Waals surface area contributed by atoms with Gasteiger partial charge in [0.2, 0.25) is 0 Å². The van der Waals surface area contributed by atoms with Crippen LogP contribution in [0.2, 0.25) is 0 Å². The molecule has 5 heteroatoms. The van der Waals surface area contributed by atoms with E-state index in [2.05, 4.69) is 65.4 Å². The van der Waals surface area contributed by atoms with Crippen molar-refractivity contribution in [3.63, 3.8) is 0 Å². The molecule has 0 unspecified atom stereocenters. The maximum Gasteiger partial charge on any atom is 0.162 e. The van der Waals surface area contributed by atoms with Crippen LogP contribution in [0.25, 0.3) is 11.4 Å². The van der Waals surface area contributed by atoms with Gasteiger partial charge in [-0.1, -0.05) is 20.8 Å². The third-order valence-corrected chi connectivity index (χ3v) is 4.12. The van der Waals surface area contributed by atoms with Gasteiger partial charge >= 0.3 is 0 Å². The fraction of sp³-hybridized carbons (Fsp3) is 0.429. The van der Waals surface area contributed by atoms with Gasteiger partial charge in [-0.25, -0.2) is 9.97 Å². The molecule has 0 bridgehead atoms. The van der Waals surface area contributed by atoms with Gasteiger partial charge in [0.25, 0.3) is 0 Å². The standard InChI is InChI=1S/C14H18BrN3S/c1-5-16-13-10(15)11(14(2,3)4)17-12(18-13)9-6-7-19-8-9/h6-8H,5H2,1-4H3,(H,16,17,18). The van der Waals surface area contributed by atoms with Crippen LogP contribution in [0, 0.1) is 0 Å². The minimum atomic E-state index is -0.0310. The van der Waals surface area contributed by atoms with Gasteiger partial charge in [-0.05, 0) is 34.3 Å². The number of nitrogens with one attached hydrogen (secondary N) is 1. The maximum atomic E-state index is 4.74. The summed E-state index contributed by atoms with van der Waals surface area (Å²) in [5.74, 6) is 1.65. The van der Waals surface area contributed by atoms with E-state index in [4.69, 9.17) is 4.98 Å². The second kappa shape index (κ2) is 5.59. The molecule has 0 aliphatic rings. The van der Waals surface area contributed by atoms with E-state index in [1.807, 2.05) is 5.38 Å². The number of anilines is 1. The maximum absolute atomic E-state index is 4.74. The smallest absolute Gasteiger partial charge is 0.162 e. The van der Waals surface area contributed by atoms with Gasteiger partial charge < -0.3 is 5.32 Å². The molecule has 0 saturated heterocycles. The summed E-state index contributed by atoms with van der Waals surface area (Å²) in [6.45, 7) is 9.38. The van der Waals surface area contributed by atoms with Crippen molar-refractivity contribution in [3.05, 3.63) is 27.0 Å². The molecule has 2 aromatic heterocycles. The molecule has 0 saturated carbocycles. The number of halogens is 1. The lowest BCUT2D eigenvalue weighted by molar-refractivity contribution is 0.564. The average molecular weight is 340 g/mol. The van der Waals surface area contributed by atoms with E-state index in [-0.39, 0.29) is 5.41 Å². The highest BCUT2D eigenvalue weighted by Gasteiger charge is 2.23. The molecule has 0 aliphatic heterocycles. The van der Waals surface area contributed by atoms with E-state index in [1.54, 1.807) is 11.3 Å². The molecular formula is C14H18BrN3S. The van der Waals surface area contributed by atoms with Gasteiger partial charge in [0.15, 0.2) is 5.82 Å². The van der Waals surface area contributed by atoms with Gasteiger partial charge in [0.05, 0.1) is 10.2 Å².